The number of carbonyl (C=O) groups excluding carboxylic acids is 2. The molecule has 5 aliphatic rings. The molecule has 5 atom stereocenters. The van der Waals surface area contributed by atoms with Crippen molar-refractivity contribution in [2.45, 2.75) is 32.8 Å². The molecule has 3 aliphatic carbocycles. The number of ether oxygens (including phenoxy) is 5. The summed E-state index contributed by atoms with van der Waals surface area (Å²) in [6.45, 7) is 7.80. The van der Waals surface area contributed by atoms with E-state index in [0.717, 1.165) is 5.57 Å². The number of rotatable bonds is 5. The van der Waals surface area contributed by atoms with Gasteiger partial charge in [-0.2, -0.15) is 0 Å². The maximum atomic E-state index is 13.2. The first kappa shape index (κ1) is 19.8. The van der Waals surface area contributed by atoms with Gasteiger partial charge in [0.1, 0.15) is 0 Å². The lowest BCUT2D eigenvalue weighted by atomic mass is 9.57. The standard InChI is InChI=1S/C21H28O7/c1-5-25-16(22)7-6-12-13-8-14(19-26-10-20(2,3)11-27-19)17-15(12)9-28-21(17,24-4)18(13)23/h6-8,12-13,15,17,19H,5,9-11H2,1-4H3/b7-6+/t12-,13+,15+,17-,21+/m0/s1. The molecular formula is C21H28O7. The molecule has 2 heterocycles. The molecule has 1 saturated carbocycles. The predicted octanol–water partition coefficient (Wildman–Crippen LogP) is 1.87. The molecule has 2 aliphatic heterocycles. The summed E-state index contributed by atoms with van der Waals surface area (Å²) in [7, 11) is 1.51. The average molecular weight is 392 g/mol. The average Bonchev–Trinajstić information content (AvgIpc) is 3.03. The molecule has 0 amide bonds. The van der Waals surface area contributed by atoms with Crippen molar-refractivity contribution in [1.82, 2.24) is 0 Å². The molecule has 154 valence electrons. The van der Waals surface area contributed by atoms with Crippen LogP contribution in [-0.4, -0.2) is 57.4 Å². The quantitative estimate of drug-likeness (QED) is 0.401. The highest BCUT2D eigenvalue weighted by molar-refractivity contribution is 5.94. The molecule has 0 spiro atoms. The van der Waals surface area contributed by atoms with Crippen molar-refractivity contribution in [3.05, 3.63) is 23.8 Å². The van der Waals surface area contributed by atoms with Gasteiger partial charge in [0, 0.05) is 30.4 Å². The lowest BCUT2D eigenvalue weighted by molar-refractivity contribution is -0.237. The number of allylic oxidation sites excluding steroid dienone is 2. The zero-order chi connectivity index (χ0) is 20.1. The Morgan fingerprint density at radius 2 is 2.04 bits per heavy atom. The fourth-order valence-electron chi connectivity index (χ4n) is 4.92. The zero-order valence-corrected chi connectivity index (χ0v) is 16.8. The van der Waals surface area contributed by atoms with E-state index < -0.39 is 24.0 Å². The van der Waals surface area contributed by atoms with Gasteiger partial charge in [-0.25, -0.2) is 4.79 Å². The van der Waals surface area contributed by atoms with Crippen molar-refractivity contribution in [3.8, 4) is 0 Å². The Balaban J connectivity index is 1.65. The van der Waals surface area contributed by atoms with Gasteiger partial charge in [-0.3, -0.25) is 4.79 Å². The van der Waals surface area contributed by atoms with Crippen molar-refractivity contribution < 1.29 is 33.3 Å². The molecule has 2 saturated heterocycles. The van der Waals surface area contributed by atoms with Crippen molar-refractivity contribution in [2.24, 2.45) is 29.1 Å². The van der Waals surface area contributed by atoms with E-state index >= 15 is 0 Å². The lowest BCUT2D eigenvalue weighted by Gasteiger charge is -2.50. The molecule has 4 bridgehead atoms. The van der Waals surface area contributed by atoms with Crippen LogP contribution >= 0.6 is 0 Å². The molecule has 0 aromatic heterocycles. The number of carbonyl (C=O) groups is 2. The first-order chi connectivity index (χ1) is 13.3. The highest BCUT2D eigenvalue weighted by Gasteiger charge is 2.68. The molecule has 0 aromatic carbocycles. The van der Waals surface area contributed by atoms with E-state index in [0.29, 0.717) is 26.4 Å². The van der Waals surface area contributed by atoms with E-state index in [1.165, 1.54) is 13.2 Å². The van der Waals surface area contributed by atoms with E-state index in [1.807, 2.05) is 6.08 Å². The summed E-state index contributed by atoms with van der Waals surface area (Å²) in [6, 6.07) is 0. The largest absolute Gasteiger partial charge is 0.463 e. The van der Waals surface area contributed by atoms with Crippen molar-refractivity contribution in [2.75, 3.05) is 33.5 Å². The Bertz CT molecular complexity index is 714. The van der Waals surface area contributed by atoms with Gasteiger partial charge in [0.15, 0.2) is 12.1 Å². The summed E-state index contributed by atoms with van der Waals surface area (Å²) in [5.41, 5.74) is 0.880. The Kier molecular flexibility index (Phi) is 4.98. The maximum absolute atomic E-state index is 13.2. The second-order valence-corrected chi connectivity index (χ2v) is 8.69. The molecule has 3 fully saturated rings. The minimum Gasteiger partial charge on any atom is -0.463 e. The third kappa shape index (κ3) is 2.96. The second-order valence-electron chi connectivity index (χ2n) is 8.69. The van der Waals surface area contributed by atoms with Crippen LogP contribution in [0.2, 0.25) is 0 Å². The molecule has 0 radical (unpaired) electrons. The molecule has 0 unspecified atom stereocenters. The highest BCUT2D eigenvalue weighted by atomic mass is 16.7. The van der Waals surface area contributed by atoms with E-state index in [-0.39, 0.29) is 29.0 Å². The third-order valence-electron chi connectivity index (χ3n) is 6.18. The second kappa shape index (κ2) is 7.06. The Morgan fingerprint density at radius 1 is 1.32 bits per heavy atom. The van der Waals surface area contributed by atoms with Crippen molar-refractivity contribution in [1.29, 1.82) is 0 Å². The first-order valence-electron chi connectivity index (χ1n) is 9.86. The minimum absolute atomic E-state index is 0.00969. The van der Waals surface area contributed by atoms with E-state index in [1.54, 1.807) is 13.0 Å². The minimum atomic E-state index is -1.28. The lowest BCUT2D eigenvalue weighted by Crippen LogP contribution is -2.61. The molecule has 0 N–H and O–H groups in total. The molecule has 0 aromatic rings. The normalized spacial score (nSPS) is 39.4. The number of esters is 1. The van der Waals surface area contributed by atoms with Crippen LogP contribution in [0.15, 0.2) is 23.8 Å². The zero-order valence-electron chi connectivity index (χ0n) is 16.8. The number of hydrogen-bond acceptors (Lipinski definition) is 7. The van der Waals surface area contributed by atoms with Crippen LogP contribution in [0.25, 0.3) is 0 Å². The molecule has 7 nitrogen and oxygen atoms in total. The van der Waals surface area contributed by atoms with Gasteiger partial charge in [0.25, 0.3) is 0 Å². The Labute approximate surface area is 165 Å². The summed E-state index contributed by atoms with van der Waals surface area (Å²) in [4.78, 5) is 24.9. The SMILES string of the molecule is CCOC(=O)/C=C/[C@@H]1[C@H]2CO[C@@]3(OC)C(=O)[C@@H]1C=C(C1OCC(C)(C)CO1)[C@@H]23. The van der Waals surface area contributed by atoms with Gasteiger partial charge >= 0.3 is 5.97 Å². The van der Waals surface area contributed by atoms with Crippen LogP contribution in [0.3, 0.4) is 0 Å². The molecule has 28 heavy (non-hydrogen) atoms. The van der Waals surface area contributed by atoms with Crippen molar-refractivity contribution in [3.63, 3.8) is 0 Å². The summed E-state index contributed by atoms with van der Waals surface area (Å²) in [6.07, 6.45) is 4.64. The summed E-state index contributed by atoms with van der Waals surface area (Å²) in [5, 5.41) is 0. The smallest absolute Gasteiger partial charge is 0.330 e. The van der Waals surface area contributed by atoms with Crippen LogP contribution in [0.1, 0.15) is 20.8 Å². The highest BCUT2D eigenvalue weighted by Crippen LogP contribution is 2.58. The van der Waals surface area contributed by atoms with Crippen LogP contribution in [0.5, 0.6) is 0 Å². The van der Waals surface area contributed by atoms with Gasteiger partial charge in [-0.05, 0) is 18.4 Å². The van der Waals surface area contributed by atoms with Crippen LogP contribution in [0.4, 0.5) is 0 Å². The number of ketones is 1. The van der Waals surface area contributed by atoms with E-state index in [2.05, 4.69) is 13.8 Å². The molecule has 5 rings (SSSR count). The van der Waals surface area contributed by atoms with Crippen LogP contribution in [0, 0.1) is 29.1 Å². The number of Topliss-reactive ketones (excluding diaryl/α,β-unsaturated/α-hetero) is 1. The van der Waals surface area contributed by atoms with Gasteiger partial charge in [-0.15, -0.1) is 0 Å². The summed E-state index contributed by atoms with van der Waals surface area (Å²) >= 11 is 0. The van der Waals surface area contributed by atoms with E-state index in [9.17, 15) is 9.59 Å². The molecule has 7 heteroatoms. The monoisotopic (exact) mass is 392 g/mol. The fraction of sp³-hybridized carbons (Fsp3) is 0.714. The van der Waals surface area contributed by atoms with Gasteiger partial charge in [0.2, 0.25) is 5.79 Å². The Hall–Kier alpha value is -1.54. The summed E-state index contributed by atoms with van der Waals surface area (Å²) < 4.78 is 28.5. The fourth-order valence-corrected chi connectivity index (χ4v) is 4.92. The van der Waals surface area contributed by atoms with Crippen LogP contribution in [-0.2, 0) is 33.3 Å². The van der Waals surface area contributed by atoms with Gasteiger partial charge in [-0.1, -0.05) is 26.0 Å². The third-order valence-corrected chi connectivity index (χ3v) is 6.18. The number of hydrogen-bond donors (Lipinski definition) is 0. The number of methoxy groups -OCH3 is 1. The van der Waals surface area contributed by atoms with Gasteiger partial charge in [0.05, 0.1) is 32.3 Å². The summed E-state index contributed by atoms with van der Waals surface area (Å²) in [5.74, 6) is -2.66. The van der Waals surface area contributed by atoms with Crippen molar-refractivity contribution >= 4 is 11.8 Å². The predicted molar refractivity (Wildman–Crippen MR) is 98.0 cm³/mol. The topological polar surface area (TPSA) is 80.3 Å². The Morgan fingerprint density at radius 3 is 2.68 bits per heavy atom. The first-order valence-corrected chi connectivity index (χ1v) is 9.86. The van der Waals surface area contributed by atoms with E-state index in [4.69, 9.17) is 23.7 Å². The van der Waals surface area contributed by atoms with Gasteiger partial charge < -0.3 is 23.7 Å². The maximum Gasteiger partial charge on any atom is 0.330 e. The van der Waals surface area contributed by atoms with Crippen LogP contribution < -0.4 is 0 Å². The molecular weight excluding hydrogens is 364 g/mol.